The third-order valence-electron chi connectivity index (χ3n) is 5.15. The number of sulfonamides is 1. The van der Waals surface area contributed by atoms with E-state index in [9.17, 15) is 18.5 Å². The highest BCUT2D eigenvalue weighted by atomic mass is 32.2. The van der Waals surface area contributed by atoms with Crippen molar-refractivity contribution in [3.05, 3.63) is 47.3 Å². The Morgan fingerprint density at radius 1 is 1.17 bits per heavy atom. The van der Waals surface area contributed by atoms with Crippen molar-refractivity contribution in [1.82, 2.24) is 9.80 Å². The quantitative estimate of drug-likeness (QED) is 0.706. The number of hydrogen-bond donors (Lipinski definition) is 1. The van der Waals surface area contributed by atoms with Crippen LogP contribution in [0.25, 0.3) is 0 Å². The molecule has 160 valence electrons. The fourth-order valence-corrected chi connectivity index (χ4v) is 5.55. The first-order chi connectivity index (χ1) is 14.3. The molecule has 9 heteroatoms. The Labute approximate surface area is 182 Å². The fraction of sp³-hybridized carbons (Fsp3) is 0.429. The Morgan fingerprint density at radius 2 is 1.83 bits per heavy atom. The standard InChI is InChI=1S/C21H26N4O3S2/c1-16(2)19(15-22)24-9-11-25(12-10-24)20(26)14-17-5-7-18(8-6-17)23-30(27,28)21-4-3-13-29-21/h3-8,13,16,19,23H,9-12,14H2,1-2H3. The van der Waals surface area contributed by atoms with Crippen LogP contribution in [0.15, 0.2) is 46.0 Å². The summed E-state index contributed by atoms with van der Waals surface area (Å²) < 4.78 is 27.4. The van der Waals surface area contributed by atoms with Gasteiger partial charge in [0.2, 0.25) is 5.91 Å². The molecule has 0 aliphatic carbocycles. The number of carbonyl (C=O) groups is 1. The lowest BCUT2D eigenvalue weighted by atomic mass is 10.0. The molecule has 1 aliphatic rings. The fourth-order valence-electron chi connectivity index (χ4n) is 3.50. The molecule has 3 rings (SSSR count). The minimum Gasteiger partial charge on any atom is -0.340 e. The highest BCUT2D eigenvalue weighted by molar-refractivity contribution is 7.94. The van der Waals surface area contributed by atoms with Crippen LogP contribution in [0.2, 0.25) is 0 Å². The number of carbonyl (C=O) groups excluding carboxylic acids is 1. The van der Waals surface area contributed by atoms with Crippen LogP contribution in [-0.4, -0.2) is 56.3 Å². The smallest absolute Gasteiger partial charge is 0.271 e. The van der Waals surface area contributed by atoms with Crippen molar-refractivity contribution < 1.29 is 13.2 Å². The van der Waals surface area contributed by atoms with Gasteiger partial charge in [-0.2, -0.15) is 5.26 Å². The summed E-state index contributed by atoms with van der Waals surface area (Å²) in [6.45, 7) is 6.70. The van der Waals surface area contributed by atoms with Crippen LogP contribution in [0, 0.1) is 17.2 Å². The van der Waals surface area contributed by atoms with Crippen molar-refractivity contribution in [3.63, 3.8) is 0 Å². The Kier molecular flexibility index (Phi) is 7.13. The van der Waals surface area contributed by atoms with Gasteiger partial charge in [-0.25, -0.2) is 8.42 Å². The minimum absolute atomic E-state index is 0.0413. The summed E-state index contributed by atoms with van der Waals surface area (Å²) in [6.07, 6.45) is 0.268. The molecular formula is C21H26N4O3S2. The van der Waals surface area contributed by atoms with Crippen LogP contribution in [0.4, 0.5) is 5.69 Å². The van der Waals surface area contributed by atoms with Crippen LogP contribution >= 0.6 is 11.3 Å². The lowest BCUT2D eigenvalue weighted by Gasteiger charge is -2.38. The van der Waals surface area contributed by atoms with Gasteiger partial charge in [0.05, 0.1) is 12.5 Å². The molecule has 1 saturated heterocycles. The molecule has 7 nitrogen and oxygen atoms in total. The molecule has 2 heterocycles. The topological polar surface area (TPSA) is 93.5 Å². The second-order valence-electron chi connectivity index (χ2n) is 7.65. The van der Waals surface area contributed by atoms with Gasteiger partial charge in [0.25, 0.3) is 10.0 Å². The summed E-state index contributed by atoms with van der Waals surface area (Å²) >= 11 is 1.16. The van der Waals surface area contributed by atoms with Crippen LogP contribution in [0.1, 0.15) is 19.4 Å². The molecule has 1 aliphatic heterocycles. The largest absolute Gasteiger partial charge is 0.340 e. The van der Waals surface area contributed by atoms with E-state index >= 15 is 0 Å². The Balaban J connectivity index is 1.54. The predicted molar refractivity (Wildman–Crippen MR) is 118 cm³/mol. The molecule has 1 aromatic heterocycles. The monoisotopic (exact) mass is 446 g/mol. The number of hydrogen-bond acceptors (Lipinski definition) is 6. The summed E-state index contributed by atoms with van der Waals surface area (Å²) in [4.78, 5) is 16.6. The molecule has 30 heavy (non-hydrogen) atoms. The minimum atomic E-state index is -3.58. The number of piperazine rings is 1. The van der Waals surface area contributed by atoms with Crippen molar-refractivity contribution in [1.29, 1.82) is 5.26 Å². The normalized spacial score (nSPS) is 16.3. The SMILES string of the molecule is CC(C)C(C#N)N1CCN(C(=O)Cc2ccc(NS(=O)(=O)c3cccs3)cc2)CC1. The first-order valence-corrected chi connectivity index (χ1v) is 12.2. The molecule has 1 unspecified atom stereocenters. The van der Waals surface area contributed by atoms with E-state index in [1.54, 1.807) is 41.8 Å². The van der Waals surface area contributed by atoms with Gasteiger partial charge in [-0.3, -0.25) is 14.4 Å². The number of nitriles is 1. The van der Waals surface area contributed by atoms with Crippen LogP contribution in [-0.2, 0) is 21.2 Å². The maximum Gasteiger partial charge on any atom is 0.271 e. The van der Waals surface area contributed by atoms with Gasteiger partial charge in [0.15, 0.2) is 0 Å². The predicted octanol–water partition coefficient (Wildman–Crippen LogP) is 2.78. The molecule has 0 saturated carbocycles. The number of thiophene rings is 1. The van der Waals surface area contributed by atoms with Crippen molar-refractivity contribution >= 4 is 33.0 Å². The van der Waals surface area contributed by atoms with E-state index in [0.717, 1.165) is 16.9 Å². The number of benzene rings is 1. The molecule has 1 amide bonds. The van der Waals surface area contributed by atoms with Gasteiger partial charge in [-0.05, 0) is 35.1 Å². The molecule has 2 aromatic rings. The lowest BCUT2D eigenvalue weighted by molar-refractivity contribution is -0.132. The third-order valence-corrected chi connectivity index (χ3v) is 7.92. The van der Waals surface area contributed by atoms with Crippen LogP contribution in [0.5, 0.6) is 0 Å². The molecule has 0 spiro atoms. The summed E-state index contributed by atoms with van der Waals surface area (Å²) in [7, 11) is -3.58. The maximum atomic E-state index is 12.6. The Bertz CT molecular complexity index is 988. The second-order valence-corrected chi connectivity index (χ2v) is 10.5. The third kappa shape index (κ3) is 5.39. The van der Waals surface area contributed by atoms with Crippen molar-refractivity contribution in [2.24, 2.45) is 5.92 Å². The maximum absolute atomic E-state index is 12.6. The molecule has 1 fully saturated rings. The van der Waals surface area contributed by atoms with Gasteiger partial charge < -0.3 is 4.90 Å². The first-order valence-electron chi connectivity index (χ1n) is 9.87. The number of nitrogens with zero attached hydrogens (tertiary/aromatic N) is 3. The van der Waals surface area contributed by atoms with Gasteiger partial charge in [-0.15, -0.1) is 11.3 Å². The average Bonchev–Trinajstić information content (AvgIpc) is 3.26. The lowest BCUT2D eigenvalue weighted by Crippen LogP contribution is -2.53. The van der Waals surface area contributed by atoms with Gasteiger partial charge in [0, 0.05) is 31.9 Å². The van der Waals surface area contributed by atoms with Crippen molar-refractivity contribution in [2.75, 3.05) is 30.9 Å². The average molecular weight is 447 g/mol. The zero-order valence-corrected chi connectivity index (χ0v) is 18.7. The molecule has 1 atom stereocenters. The zero-order chi connectivity index (χ0) is 21.7. The summed E-state index contributed by atoms with van der Waals surface area (Å²) in [5.41, 5.74) is 1.29. The van der Waals surface area contributed by atoms with E-state index in [1.807, 2.05) is 18.7 Å². The molecule has 1 aromatic carbocycles. The number of nitrogens with one attached hydrogen (secondary N) is 1. The van der Waals surface area contributed by atoms with E-state index in [1.165, 1.54) is 0 Å². The summed E-state index contributed by atoms with van der Waals surface area (Å²) in [5, 5.41) is 11.1. The highest BCUT2D eigenvalue weighted by Gasteiger charge is 2.27. The van der Waals surface area contributed by atoms with Gasteiger partial charge >= 0.3 is 0 Å². The molecule has 0 radical (unpaired) electrons. The number of amides is 1. The van der Waals surface area contributed by atoms with E-state index < -0.39 is 10.0 Å². The number of anilines is 1. The first kappa shape index (κ1) is 22.3. The van der Waals surface area contributed by atoms with E-state index in [0.29, 0.717) is 31.9 Å². The molecule has 0 bridgehead atoms. The Morgan fingerprint density at radius 3 is 2.37 bits per heavy atom. The van der Waals surface area contributed by atoms with E-state index in [2.05, 4.69) is 15.7 Å². The zero-order valence-electron chi connectivity index (χ0n) is 17.1. The highest BCUT2D eigenvalue weighted by Crippen LogP contribution is 2.21. The van der Waals surface area contributed by atoms with Gasteiger partial charge in [0.1, 0.15) is 10.3 Å². The van der Waals surface area contributed by atoms with Crippen LogP contribution in [0.3, 0.4) is 0 Å². The van der Waals surface area contributed by atoms with Gasteiger partial charge in [-0.1, -0.05) is 32.0 Å². The Hall–Kier alpha value is -2.41. The van der Waals surface area contributed by atoms with Crippen molar-refractivity contribution in [2.45, 2.75) is 30.5 Å². The summed E-state index contributed by atoms with van der Waals surface area (Å²) in [5.74, 6) is 0.299. The number of rotatable bonds is 7. The summed E-state index contributed by atoms with van der Waals surface area (Å²) in [6, 6.07) is 12.4. The van der Waals surface area contributed by atoms with E-state index in [4.69, 9.17) is 0 Å². The molecule has 1 N–H and O–H groups in total. The molecular weight excluding hydrogens is 420 g/mol. The second kappa shape index (κ2) is 9.60. The van der Waals surface area contributed by atoms with Crippen molar-refractivity contribution in [3.8, 4) is 6.07 Å². The van der Waals surface area contributed by atoms with E-state index in [-0.39, 0.29) is 28.5 Å². The van der Waals surface area contributed by atoms with Crippen LogP contribution < -0.4 is 4.72 Å².